The van der Waals surface area contributed by atoms with Crippen LogP contribution in [0.1, 0.15) is 32.3 Å². The number of benzene rings is 1. The van der Waals surface area contributed by atoms with Crippen molar-refractivity contribution in [2.75, 3.05) is 5.75 Å². The second-order valence-corrected chi connectivity index (χ2v) is 5.86. The van der Waals surface area contributed by atoms with Gasteiger partial charge in [-0.05, 0) is 24.5 Å². The molecular weight excluding hydrogens is 208 g/mol. The second-order valence-electron chi connectivity index (χ2n) is 3.61. The molecule has 1 aromatic rings. The van der Waals surface area contributed by atoms with Gasteiger partial charge in [0.2, 0.25) is 0 Å². The van der Waals surface area contributed by atoms with E-state index in [1.165, 1.54) is 0 Å². The lowest BCUT2D eigenvalue weighted by Gasteiger charge is -2.08. The maximum Gasteiger partial charge on any atom is 0.178 e. The minimum absolute atomic E-state index is 0.177. The van der Waals surface area contributed by atoms with E-state index in [-0.39, 0.29) is 5.75 Å². The summed E-state index contributed by atoms with van der Waals surface area (Å²) in [4.78, 5) is 0.515. The molecule has 2 nitrogen and oxygen atoms in total. The highest BCUT2D eigenvalue weighted by atomic mass is 32.2. The fourth-order valence-electron chi connectivity index (χ4n) is 1.54. The molecule has 0 atom stereocenters. The van der Waals surface area contributed by atoms with E-state index in [4.69, 9.17) is 0 Å². The van der Waals surface area contributed by atoms with Crippen LogP contribution in [0, 0.1) is 0 Å². The second kappa shape index (κ2) is 5.31. The zero-order chi connectivity index (χ0) is 11.3. The van der Waals surface area contributed by atoms with Gasteiger partial charge in [0, 0.05) is 0 Å². The molecule has 0 amide bonds. The number of rotatable bonds is 5. The first kappa shape index (κ1) is 12.2. The van der Waals surface area contributed by atoms with Crippen LogP contribution in [-0.4, -0.2) is 14.2 Å². The van der Waals surface area contributed by atoms with Crippen LogP contribution in [0.4, 0.5) is 0 Å². The normalized spacial score (nSPS) is 11.6. The van der Waals surface area contributed by atoms with Gasteiger partial charge >= 0.3 is 0 Å². The first-order chi connectivity index (χ1) is 7.11. The average molecular weight is 226 g/mol. The molecule has 0 aliphatic heterocycles. The fourth-order valence-corrected chi connectivity index (χ4v) is 2.70. The zero-order valence-electron chi connectivity index (χ0n) is 9.36. The largest absolute Gasteiger partial charge is 0.224 e. The van der Waals surface area contributed by atoms with Crippen molar-refractivity contribution in [1.29, 1.82) is 0 Å². The Balaban J connectivity index is 3.07. The monoisotopic (exact) mass is 226 g/mol. The molecule has 3 heteroatoms. The summed E-state index contributed by atoms with van der Waals surface area (Å²) < 4.78 is 23.6. The number of hydrogen-bond acceptors (Lipinski definition) is 2. The Morgan fingerprint density at radius 1 is 1.13 bits per heavy atom. The Morgan fingerprint density at radius 3 is 2.40 bits per heavy atom. The SMILES string of the molecule is CCCCc1ccccc1S(=O)(=O)CC. The van der Waals surface area contributed by atoms with E-state index in [1.54, 1.807) is 19.1 Å². The standard InChI is InChI=1S/C12H18O2S/c1-3-5-8-11-9-6-7-10-12(11)15(13,14)4-2/h6-7,9-10H,3-5,8H2,1-2H3. The van der Waals surface area contributed by atoms with Crippen molar-refractivity contribution in [3.63, 3.8) is 0 Å². The third-order valence-corrected chi connectivity index (χ3v) is 4.32. The molecular formula is C12H18O2S. The summed E-state index contributed by atoms with van der Waals surface area (Å²) in [5, 5.41) is 0. The molecule has 0 aliphatic carbocycles. The molecule has 15 heavy (non-hydrogen) atoms. The van der Waals surface area contributed by atoms with Gasteiger partial charge in [0.1, 0.15) is 0 Å². The fraction of sp³-hybridized carbons (Fsp3) is 0.500. The van der Waals surface area contributed by atoms with Gasteiger partial charge in [0.05, 0.1) is 10.6 Å². The van der Waals surface area contributed by atoms with Crippen LogP contribution in [0.2, 0.25) is 0 Å². The summed E-state index contributed by atoms with van der Waals surface area (Å²) in [5.74, 6) is 0.177. The Kier molecular flexibility index (Phi) is 4.33. The molecule has 0 spiro atoms. The summed E-state index contributed by atoms with van der Waals surface area (Å²) in [5.41, 5.74) is 0.959. The number of aryl methyl sites for hydroxylation is 1. The van der Waals surface area contributed by atoms with Crippen molar-refractivity contribution < 1.29 is 8.42 Å². The minimum Gasteiger partial charge on any atom is -0.224 e. The van der Waals surface area contributed by atoms with Gasteiger partial charge in [0.25, 0.3) is 0 Å². The average Bonchev–Trinajstić information content (AvgIpc) is 2.26. The zero-order valence-corrected chi connectivity index (χ0v) is 10.2. The molecule has 0 radical (unpaired) electrons. The molecule has 1 aromatic carbocycles. The van der Waals surface area contributed by atoms with E-state index in [0.717, 1.165) is 24.8 Å². The third-order valence-electron chi connectivity index (χ3n) is 2.49. The van der Waals surface area contributed by atoms with Crippen LogP contribution >= 0.6 is 0 Å². The molecule has 0 fully saturated rings. The van der Waals surface area contributed by atoms with Crippen LogP contribution in [0.5, 0.6) is 0 Å². The molecule has 1 rings (SSSR count). The summed E-state index contributed by atoms with van der Waals surface area (Å²) in [6.45, 7) is 3.79. The maximum absolute atomic E-state index is 11.8. The maximum atomic E-state index is 11.8. The quantitative estimate of drug-likeness (QED) is 0.773. The first-order valence-corrected chi connectivity index (χ1v) is 7.07. The van der Waals surface area contributed by atoms with Gasteiger partial charge in [-0.2, -0.15) is 0 Å². The van der Waals surface area contributed by atoms with Crippen LogP contribution in [-0.2, 0) is 16.3 Å². The van der Waals surface area contributed by atoms with E-state index in [0.29, 0.717) is 4.90 Å². The lowest BCUT2D eigenvalue weighted by atomic mass is 10.1. The van der Waals surface area contributed by atoms with Gasteiger partial charge in [0.15, 0.2) is 9.84 Å². The number of sulfone groups is 1. The van der Waals surface area contributed by atoms with Gasteiger partial charge in [-0.25, -0.2) is 8.42 Å². The Bertz CT molecular complexity index is 407. The highest BCUT2D eigenvalue weighted by Gasteiger charge is 2.14. The lowest BCUT2D eigenvalue weighted by Crippen LogP contribution is -2.07. The van der Waals surface area contributed by atoms with E-state index in [9.17, 15) is 8.42 Å². The molecule has 0 N–H and O–H groups in total. The van der Waals surface area contributed by atoms with Crippen LogP contribution in [0.3, 0.4) is 0 Å². The molecule has 0 unspecified atom stereocenters. The van der Waals surface area contributed by atoms with Crippen molar-refractivity contribution >= 4 is 9.84 Å². The molecule has 0 saturated carbocycles. The van der Waals surface area contributed by atoms with Crippen molar-refractivity contribution in [2.24, 2.45) is 0 Å². The predicted molar refractivity (Wildman–Crippen MR) is 62.8 cm³/mol. The van der Waals surface area contributed by atoms with Gasteiger partial charge in [-0.3, -0.25) is 0 Å². The molecule has 0 bridgehead atoms. The number of unbranched alkanes of at least 4 members (excludes halogenated alkanes) is 1. The van der Waals surface area contributed by atoms with E-state index in [2.05, 4.69) is 6.92 Å². The highest BCUT2D eigenvalue weighted by Crippen LogP contribution is 2.18. The minimum atomic E-state index is -3.06. The van der Waals surface area contributed by atoms with E-state index >= 15 is 0 Å². The van der Waals surface area contributed by atoms with Crippen LogP contribution in [0.25, 0.3) is 0 Å². The Labute approximate surface area is 92.2 Å². The van der Waals surface area contributed by atoms with E-state index in [1.807, 2.05) is 12.1 Å². The summed E-state index contributed by atoms with van der Waals surface area (Å²) >= 11 is 0. The van der Waals surface area contributed by atoms with Crippen molar-refractivity contribution in [1.82, 2.24) is 0 Å². The molecule has 0 saturated heterocycles. The smallest absolute Gasteiger partial charge is 0.178 e. The summed E-state index contributed by atoms with van der Waals surface area (Å²) in [6.07, 6.45) is 2.97. The summed E-state index contributed by atoms with van der Waals surface area (Å²) in [7, 11) is -3.06. The van der Waals surface area contributed by atoms with Crippen LogP contribution < -0.4 is 0 Å². The van der Waals surface area contributed by atoms with Gasteiger partial charge in [-0.15, -0.1) is 0 Å². The third kappa shape index (κ3) is 3.06. The predicted octanol–water partition coefficient (Wildman–Crippen LogP) is 2.82. The lowest BCUT2D eigenvalue weighted by molar-refractivity contribution is 0.595. The Hall–Kier alpha value is -0.830. The highest BCUT2D eigenvalue weighted by molar-refractivity contribution is 7.91. The number of hydrogen-bond donors (Lipinski definition) is 0. The van der Waals surface area contributed by atoms with Crippen molar-refractivity contribution in [3.05, 3.63) is 29.8 Å². The van der Waals surface area contributed by atoms with Gasteiger partial charge < -0.3 is 0 Å². The molecule has 0 aromatic heterocycles. The molecule has 84 valence electrons. The Morgan fingerprint density at radius 2 is 1.80 bits per heavy atom. The molecule has 0 aliphatic rings. The van der Waals surface area contributed by atoms with E-state index < -0.39 is 9.84 Å². The van der Waals surface area contributed by atoms with Crippen molar-refractivity contribution in [3.8, 4) is 0 Å². The topological polar surface area (TPSA) is 34.1 Å². The summed E-state index contributed by atoms with van der Waals surface area (Å²) in [6, 6.07) is 7.32. The molecule has 0 heterocycles. The first-order valence-electron chi connectivity index (χ1n) is 5.42. The van der Waals surface area contributed by atoms with Gasteiger partial charge in [-0.1, -0.05) is 38.5 Å². The van der Waals surface area contributed by atoms with Crippen LogP contribution in [0.15, 0.2) is 29.2 Å². The van der Waals surface area contributed by atoms with Crippen molar-refractivity contribution in [2.45, 2.75) is 38.0 Å².